The summed E-state index contributed by atoms with van der Waals surface area (Å²) in [6, 6.07) is 11.0. The number of aliphatic hydroxyl groups is 1. The van der Waals surface area contributed by atoms with Gasteiger partial charge in [-0.05, 0) is 30.3 Å². The number of Topliss-reactive ketones (excluding diaryl/α,β-unsaturated/α-hetero) is 1. The molecule has 0 spiro atoms. The Morgan fingerprint density at radius 2 is 1.76 bits per heavy atom. The summed E-state index contributed by atoms with van der Waals surface area (Å²) in [5.41, 5.74) is 0.0368. The maximum Gasteiger partial charge on any atom is 0.295 e. The lowest BCUT2D eigenvalue weighted by Crippen LogP contribution is -2.42. The van der Waals surface area contributed by atoms with E-state index in [2.05, 4.69) is 4.90 Å². The van der Waals surface area contributed by atoms with E-state index in [1.54, 1.807) is 18.2 Å². The number of carbonyl (C=O) groups excluding carboxylic acids is 2. The lowest BCUT2D eigenvalue weighted by Gasteiger charge is -2.30. The molecule has 0 unspecified atom stereocenters. The Morgan fingerprint density at radius 3 is 2.42 bits per heavy atom. The summed E-state index contributed by atoms with van der Waals surface area (Å²) in [4.78, 5) is 40.7. The Balaban J connectivity index is 1.80. The van der Waals surface area contributed by atoms with Gasteiger partial charge in [0, 0.05) is 42.8 Å². The molecule has 1 amide bonds. The van der Waals surface area contributed by atoms with E-state index in [0.29, 0.717) is 37.9 Å². The molecule has 2 aromatic carbocycles. The van der Waals surface area contributed by atoms with Crippen LogP contribution in [0.5, 0.6) is 0 Å². The molecule has 1 atom stereocenters. The first-order valence-corrected chi connectivity index (χ1v) is 10.8. The number of benzene rings is 2. The molecule has 2 heterocycles. The van der Waals surface area contributed by atoms with Gasteiger partial charge in [-0.25, -0.2) is 0 Å². The van der Waals surface area contributed by atoms with Crippen LogP contribution in [-0.2, 0) is 14.3 Å². The number of nitro groups is 1. The third-order valence-corrected chi connectivity index (χ3v) is 6.10. The molecule has 172 valence electrons. The predicted molar refractivity (Wildman–Crippen MR) is 121 cm³/mol. The van der Waals surface area contributed by atoms with E-state index in [1.165, 1.54) is 35.2 Å². The molecule has 0 saturated carbocycles. The van der Waals surface area contributed by atoms with E-state index in [9.17, 15) is 24.8 Å². The number of rotatable bonds is 6. The molecule has 0 radical (unpaired) electrons. The fraction of sp³-hybridized carbons (Fsp3) is 0.304. The van der Waals surface area contributed by atoms with Crippen molar-refractivity contribution in [3.05, 3.63) is 80.4 Å². The third-order valence-electron chi connectivity index (χ3n) is 5.85. The molecule has 9 nitrogen and oxygen atoms in total. The summed E-state index contributed by atoms with van der Waals surface area (Å²) in [5.74, 6) is -2.09. The van der Waals surface area contributed by atoms with Crippen LogP contribution in [0, 0.1) is 10.1 Å². The minimum absolute atomic E-state index is 0.165. The van der Waals surface area contributed by atoms with Gasteiger partial charge in [0.05, 0.1) is 35.3 Å². The fourth-order valence-corrected chi connectivity index (χ4v) is 4.28. The Kier molecular flexibility index (Phi) is 6.73. The fourth-order valence-electron chi connectivity index (χ4n) is 4.16. The zero-order valence-electron chi connectivity index (χ0n) is 17.6. The van der Waals surface area contributed by atoms with Crippen LogP contribution in [0.15, 0.2) is 54.1 Å². The monoisotopic (exact) mass is 471 g/mol. The summed E-state index contributed by atoms with van der Waals surface area (Å²) in [6.07, 6.45) is 0. The Bertz CT molecular complexity index is 1110. The molecular weight excluding hydrogens is 450 g/mol. The van der Waals surface area contributed by atoms with Crippen LogP contribution in [0.25, 0.3) is 5.76 Å². The molecular formula is C23H22ClN3O6. The van der Waals surface area contributed by atoms with Gasteiger partial charge in [0.25, 0.3) is 17.4 Å². The number of para-hydroxylation sites is 1. The molecule has 33 heavy (non-hydrogen) atoms. The van der Waals surface area contributed by atoms with E-state index in [1.807, 2.05) is 0 Å². The molecule has 2 aliphatic rings. The Labute approximate surface area is 195 Å². The maximum atomic E-state index is 13.1. The number of nitro benzene ring substituents is 1. The van der Waals surface area contributed by atoms with Crippen LogP contribution >= 0.6 is 11.6 Å². The van der Waals surface area contributed by atoms with Gasteiger partial charge >= 0.3 is 0 Å². The van der Waals surface area contributed by atoms with Crippen LogP contribution in [0.4, 0.5) is 5.69 Å². The zero-order chi connectivity index (χ0) is 23.5. The number of ether oxygens (including phenoxy) is 1. The molecule has 10 heteroatoms. The lowest BCUT2D eigenvalue weighted by molar-refractivity contribution is -0.385. The van der Waals surface area contributed by atoms with Crippen molar-refractivity contribution in [3.8, 4) is 0 Å². The predicted octanol–water partition coefficient (Wildman–Crippen LogP) is 3.00. The first-order valence-electron chi connectivity index (χ1n) is 10.5. The SMILES string of the molecule is O=C1C(=O)N(CCN2CCOCC2)[C@@H](c2ccccc2[N+](=O)[O-])/C1=C(\O)c1ccc(Cl)cc1. The standard InChI is InChI=1S/C23H22ClN3O6/c24-16-7-5-15(6-8-16)21(28)19-20(17-3-1-2-4-18(17)27(31)32)26(23(30)22(19)29)10-9-25-11-13-33-14-12-25/h1-8,20,28H,9-14H2/b21-19+/t20-/m0/s1. The van der Waals surface area contributed by atoms with Gasteiger partial charge in [0.1, 0.15) is 5.76 Å². The quantitative estimate of drug-likeness (QED) is 0.226. The van der Waals surface area contributed by atoms with Gasteiger partial charge in [0.15, 0.2) is 0 Å². The van der Waals surface area contributed by atoms with Gasteiger partial charge in [-0.15, -0.1) is 0 Å². The highest BCUT2D eigenvalue weighted by Gasteiger charge is 2.48. The summed E-state index contributed by atoms with van der Waals surface area (Å²) < 4.78 is 5.35. The summed E-state index contributed by atoms with van der Waals surface area (Å²) in [6.45, 7) is 3.15. The number of carbonyl (C=O) groups is 2. The second-order valence-electron chi connectivity index (χ2n) is 7.77. The van der Waals surface area contributed by atoms with Gasteiger partial charge in [-0.1, -0.05) is 23.7 Å². The molecule has 1 N–H and O–H groups in total. The van der Waals surface area contributed by atoms with Crippen molar-refractivity contribution < 1.29 is 24.4 Å². The number of nitrogens with zero attached hydrogens (tertiary/aromatic N) is 3. The van der Waals surface area contributed by atoms with Crippen LogP contribution in [-0.4, -0.2) is 70.9 Å². The molecule has 2 aliphatic heterocycles. The lowest BCUT2D eigenvalue weighted by atomic mass is 9.94. The molecule has 0 bridgehead atoms. The van der Waals surface area contributed by atoms with Crippen LogP contribution < -0.4 is 0 Å². The summed E-state index contributed by atoms with van der Waals surface area (Å²) >= 11 is 5.93. The second kappa shape index (κ2) is 9.70. The van der Waals surface area contributed by atoms with Crippen molar-refractivity contribution in [2.45, 2.75) is 6.04 Å². The first-order chi connectivity index (χ1) is 15.9. The van der Waals surface area contributed by atoms with Gasteiger partial charge < -0.3 is 14.7 Å². The molecule has 0 aromatic heterocycles. The Hall–Kier alpha value is -3.27. The number of hydrogen-bond donors (Lipinski definition) is 1. The van der Waals surface area contributed by atoms with Crippen molar-refractivity contribution in [3.63, 3.8) is 0 Å². The van der Waals surface area contributed by atoms with Crippen molar-refractivity contribution in [1.29, 1.82) is 0 Å². The average molecular weight is 472 g/mol. The Morgan fingerprint density at radius 1 is 1.09 bits per heavy atom. The number of halogens is 1. The molecule has 2 fully saturated rings. The second-order valence-corrected chi connectivity index (χ2v) is 8.21. The topological polar surface area (TPSA) is 113 Å². The van der Waals surface area contributed by atoms with Crippen LogP contribution in [0.2, 0.25) is 5.02 Å². The highest BCUT2D eigenvalue weighted by Crippen LogP contribution is 2.42. The minimum Gasteiger partial charge on any atom is -0.507 e. The minimum atomic E-state index is -1.09. The number of ketones is 1. The van der Waals surface area contributed by atoms with E-state index >= 15 is 0 Å². The largest absolute Gasteiger partial charge is 0.507 e. The number of likely N-dealkylation sites (tertiary alicyclic amines) is 1. The third kappa shape index (κ3) is 4.61. The smallest absolute Gasteiger partial charge is 0.295 e. The number of hydrogen-bond acceptors (Lipinski definition) is 7. The zero-order valence-corrected chi connectivity index (χ0v) is 18.4. The highest BCUT2D eigenvalue weighted by atomic mass is 35.5. The maximum absolute atomic E-state index is 13.1. The van der Waals surface area contributed by atoms with Crippen molar-refractivity contribution in [2.75, 3.05) is 39.4 Å². The highest BCUT2D eigenvalue weighted by molar-refractivity contribution is 6.46. The number of aliphatic hydroxyl groups excluding tert-OH is 1. The van der Waals surface area contributed by atoms with Crippen molar-refractivity contribution in [1.82, 2.24) is 9.80 Å². The van der Waals surface area contributed by atoms with E-state index in [4.69, 9.17) is 16.3 Å². The van der Waals surface area contributed by atoms with Crippen molar-refractivity contribution in [2.24, 2.45) is 0 Å². The molecule has 4 rings (SSSR count). The van der Waals surface area contributed by atoms with Gasteiger partial charge in [0.2, 0.25) is 0 Å². The van der Waals surface area contributed by atoms with Crippen molar-refractivity contribution >= 4 is 34.7 Å². The normalized spacial score (nSPS) is 20.9. The molecule has 2 saturated heterocycles. The summed E-state index contributed by atoms with van der Waals surface area (Å²) in [5, 5.41) is 23.2. The van der Waals surface area contributed by atoms with Crippen LogP contribution in [0.1, 0.15) is 17.2 Å². The van der Waals surface area contributed by atoms with Gasteiger partial charge in [-0.3, -0.25) is 24.6 Å². The summed E-state index contributed by atoms with van der Waals surface area (Å²) in [7, 11) is 0. The molecule has 2 aromatic rings. The van der Waals surface area contributed by atoms with E-state index in [0.717, 1.165) is 0 Å². The van der Waals surface area contributed by atoms with E-state index < -0.39 is 28.4 Å². The number of amides is 1. The number of morpholine rings is 1. The molecule has 0 aliphatic carbocycles. The first kappa shape index (κ1) is 22.9. The van der Waals surface area contributed by atoms with Crippen LogP contribution in [0.3, 0.4) is 0 Å². The van der Waals surface area contributed by atoms with Gasteiger partial charge in [-0.2, -0.15) is 0 Å². The average Bonchev–Trinajstić information content (AvgIpc) is 3.08. The van der Waals surface area contributed by atoms with E-state index in [-0.39, 0.29) is 28.9 Å².